The summed E-state index contributed by atoms with van der Waals surface area (Å²) in [7, 11) is 3.45. The molecule has 0 saturated heterocycles. The van der Waals surface area contributed by atoms with Gasteiger partial charge in [-0.3, -0.25) is 4.99 Å². The highest BCUT2D eigenvalue weighted by molar-refractivity contribution is 14.0. The SMILES string of the molecule is CN=C(NCCCCOCCOC)NCCc1ccc(Cl)nc1.I. The number of aliphatic imine (C=N–C) groups is 1. The lowest BCUT2D eigenvalue weighted by atomic mass is 10.2. The van der Waals surface area contributed by atoms with Gasteiger partial charge in [-0.25, -0.2) is 4.98 Å². The molecule has 2 N–H and O–H groups in total. The van der Waals surface area contributed by atoms with Crippen LogP contribution in [0.15, 0.2) is 23.3 Å². The minimum Gasteiger partial charge on any atom is -0.382 e. The fourth-order valence-electron chi connectivity index (χ4n) is 1.88. The summed E-state index contributed by atoms with van der Waals surface area (Å²) < 4.78 is 10.3. The van der Waals surface area contributed by atoms with Crippen molar-refractivity contribution in [3.63, 3.8) is 0 Å². The van der Waals surface area contributed by atoms with E-state index in [0.717, 1.165) is 50.5 Å². The van der Waals surface area contributed by atoms with E-state index in [1.165, 1.54) is 0 Å². The van der Waals surface area contributed by atoms with E-state index in [0.29, 0.717) is 18.4 Å². The molecule has 0 spiro atoms. The Balaban J connectivity index is 0.00000529. The molecule has 0 unspecified atom stereocenters. The number of halogens is 2. The van der Waals surface area contributed by atoms with Gasteiger partial charge in [-0.1, -0.05) is 17.7 Å². The van der Waals surface area contributed by atoms with Gasteiger partial charge in [-0.05, 0) is 30.9 Å². The lowest BCUT2D eigenvalue weighted by molar-refractivity contribution is 0.0689. The number of methoxy groups -OCH3 is 1. The molecule has 1 aromatic rings. The second-order valence-corrected chi connectivity index (χ2v) is 5.36. The average molecular weight is 471 g/mol. The van der Waals surface area contributed by atoms with Crippen LogP contribution in [0.1, 0.15) is 18.4 Å². The Morgan fingerprint density at radius 2 is 1.96 bits per heavy atom. The normalized spacial score (nSPS) is 11.0. The Bertz CT molecular complexity index is 446. The first-order valence-corrected chi connectivity index (χ1v) is 8.25. The standard InChI is InChI=1S/C16H27ClN4O2.HI/c1-18-16(19-8-3-4-10-23-12-11-22-2)20-9-7-14-5-6-15(17)21-13-14;/h5-6,13H,3-4,7-12H2,1-2H3,(H2,18,19,20);1H. The minimum atomic E-state index is 0. The van der Waals surface area contributed by atoms with Crippen LogP contribution < -0.4 is 10.6 Å². The first-order valence-electron chi connectivity index (χ1n) is 7.88. The van der Waals surface area contributed by atoms with Crippen molar-refractivity contribution >= 4 is 41.5 Å². The summed E-state index contributed by atoms with van der Waals surface area (Å²) in [6.07, 6.45) is 4.72. The molecule has 0 saturated carbocycles. The smallest absolute Gasteiger partial charge is 0.190 e. The third kappa shape index (κ3) is 11.8. The van der Waals surface area contributed by atoms with E-state index in [1.54, 1.807) is 26.4 Å². The van der Waals surface area contributed by atoms with Gasteiger partial charge in [0, 0.05) is 40.1 Å². The maximum absolute atomic E-state index is 5.77. The Kier molecular flexibility index (Phi) is 15.4. The van der Waals surface area contributed by atoms with Gasteiger partial charge in [0.15, 0.2) is 5.96 Å². The van der Waals surface area contributed by atoms with Crippen LogP contribution >= 0.6 is 35.6 Å². The number of ether oxygens (including phenoxy) is 2. The fourth-order valence-corrected chi connectivity index (χ4v) is 1.99. The Morgan fingerprint density at radius 1 is 1.17 bits per heavy atom. The Hall–Kier alpha value is -0.640. The highest BCUT2D eigenvalue weighted by atomic mass is 127. The van der Waals surface area contributed by atoms with Crippen molar-refractivity contribution in [2.75, 3.05) is 47.1 Å². The number of pyridine rings is 1. The van der Waals surface area contributed by atoms with Gasteiger partial charge < -0.3 is 20.1 Å². The van der Waals surface area contributed by atoms with Gasteiger partial charge in [0.2, 0.25) is 0 Å². The van der Waals surface area contributed by atoms with Gasteiger partial charge in [-0.2, -0.15) is 0 Å². The molecular weight excluding hydrogens is 443 g/mol. The molecule has 6 nitrogen and oxygen atoms in total. The van der Waals surface area contributed by atoms with Gasteiger partial charge in [-0.15, -0.1) is 24.0 Å². The lowest BCUT2D eigenvalue weighted by Crippen LogP contribution is -2.38. The molecule has 24 heavy (non-hydrogen) atoms. The molecular formula is C16H28ClIN4O2. The van der Waals surface area contributed by atoms with Crippen molar-refractivity contribution in [3.05, 3.63) is 29.0 Å². The predicted molar refractivity (Wildman–Crippen MR) is 110 cm³/mol. The number of aromatic nitrogens is 1. The second kappa shape index (κ2) is 15.9. The zero-order chi connectivity index (χ0) is 16.8. The third-order valence-corrected chi connectivity index (χ3v) is 3.38. The summed E-state index contributed by atoms with van der Waals surface area (Å²) in [6.45, 7) is 3.74. The topological polar surface area (TPSA) is 67.8 Å². The summed E-state index contributed by atoms with van der Waals surface area (Å²) in [5.74, 6) is 0.812. The van der Waals surface area contributed by atoms with Crippen molar-refractivity contribution in [2.24, 2.45) is 4.99 Å². The lowest BCUT2D eigenvalue weighted by Gasteiger charge is -2.12. The molecule has 0 bridgehead atoms. The third-order valence-electron chi connectivity index (χ3n) is 3.16. The molecule has 0 radical (unpaired) electrons. The Morgan fingerprint density at radius 3 is 2.62 bits per heavy atom. The van der Waals surface area contributed by atoms with Crippen LogP contribution in [-0.2, 0) is 15.9 Å². The minimum absolute atomic E-state index is 0. The van der Waals surface area contributed by atoms with Crippen LogP contribution in [0.25, 0.3) is 0 Å². The monoisotopic (exact) mass is 470 g/mol. The van der Waals surface area contributed by atoms with Gasteiger partial charge >= 0.3 is 0 Å². The molecule has 0 aliphatic rings. The van der Waals surface area contributed by atoms with E-state index in [9.17, 15) is 0 Å². The largest absolute Gasteiger partial charge is 0.382 e. The number of guanidine groups is 1. The number of unbranched alkanes of at least 4 members (excludes halogenated alkanes) is 1. The van der Waals surface area contributed by atoms with Gasteiger partial charge in [0.25, 0.3) is 0 Å². The molecule has 0 aromatic carbocycles. The van der Waals surface area contributed by atoms with Crippen molar-refractivity contribution in [1.29, 1.82) is 0 Å². The number of nitrogens with zero attached hydrogens (tertiary/aromatic N) is 2. The summed E-state index contributed by atoms with van der Waals surface area (Å²) in [6, 6.07) is 3.79. The van der Waals surface area contributed by atoms with Crippen LogP contribution in [0.2, 0.25) is 5.15 Å². The molecule has 1 aromatic heterocycles. The summed E-state index contributed by atoms with van der Waals surface area (Å²) >= 11 is 5.77. The highest BCUT2D eigenvalue weighted by Crippen LogP contribution is 2.05. The summed E-state index contributed by atoms with van der Waals surface area (Å²) in [5, 5.41) is 7.09. The highest BCUT2D eigenvalue weighted by Gasteiger charge is 1.98. The van der Waals surface area contributed by atoms with Crippen LogP contribution in [0.5, 0.6) is 0 Å². The van der Waals surface area contributed by atoms with Crippen molar-refractivity contribution in [1.82, 2.24) is 15.6 Å². The summed E-state index contributed by atoms with van der Waals surface area (Å²) in [5.41, 5.74) is 1.14. The molecule has 0 atom stereocenters. The van der Waals surface area contributed by atoms with E-state index >= 15 is 0 Å². The quantitative estimate of drug-likeness (QED) is 0.171. The zero-order valence-electron chi connectivity index (χ0n) is 14.4. The first-order chi connectivity index (χ1) is 11.3. The average Bonchev–Trinajstić information content (AvgIpc) is 2.57. The molecule has 0 aliphatic carbocycles. The number of nitrogens with one attached hydrogen (secondary N) is 2. The van der Waals surface area contributed by atoms with Crippen molar-refractivity contribution < 1.29 is 9.47 Å². The van der Waals surface area contributed by atoms with E-state index in [-0.39, 0.29) is 24.0 Å². The van der Waals surface area contributed by atoms with Crippen LogP contribution in [-0.4, -0.2) is 58.0 Å². The van der Waals surface area contributed by atoms with Gasteiger partial charge in [0.05, 0.1) is 13.2 Å². The molecule has 0 amide bonds. The predicted octanol–water partition coefficient (Wildman–Crippen LogP) is 2.50. The second-order valence-electron chi connectivity index (χ2n) is 4.98. The molecule has 138 valence electrons. The van der Waals surface area contributed by atoms with Crippen LogP contribution in [0, 0.1) is 0 Å². The number of hydrogen-bond acceptors (Lipinski definition) is 4. The van der Waals surface area contributed by atoms with E-state index < -0.39 is 0 Å². The zero-order valence-corrected chi connectivity index (χ0v) is 17.5. The maximum Gasteiger partial charge on any atom is 0.190 e. The number of rotatable bonds is 11. The molecule has 0 fully saturated rings. The van der Waals surface area contributed by atoms with E-state index in [4.69, 9.17) is 21.1 Å². The molecule has 1 rings (SSSR count). The maximum atomic E-state index is 5.77. The van der Waals surface area contributed by atoms with E-state index in [2.05, 4.69) is 20.6 Å². The molecule has 0 aliphatic heterocycles. The summed E-state index contributed by atoms with van der Waals surface area (Å²) in [4.78, 5) is 8.27. The molecule has 1 heterocycles. The van der Waals surface area contributed by atoms with Crippen LogP contribution in [0.4, 0.5) is 0 Å². The first kappa shape index (κ1) is 23.4. The number of hydrogen-bond donors (Lipinski definition) is 2. The van der Waals surface area contributed by atoms with Crippen molar-refractivity contribution in [2.45, 2.75) is 19.3 Å². The van der Waals surface area contributed by atoms with E-state index in [1.807, 2.05) is 6.07 Å². The molecule has 8 heteroatoms. The van der Waals surface area contributed by atoms with Crippen molar-refractivity contribution in [3.8, 4) is 0 Å². The van der Waals surface area contributed by atoms with Crippen LogP contribution in [0.3, 0.4) is 0 Å². The Labute approximate surface area is 166 Å². The fraction of sp³-hybridized carbons (Fsp3) is 0.625. The van der Waals surface area contributed by atoms with Gasteiger partial charge in [0.1, 0.15) is 5.15 Å².